The van der Waals surface area contributed by atoms with Gasteiger partial charge in [-0.3, -0.25) is 9.89 Å². The summed E-state index contributed by atoms with van der Waals surface area (Å²) in [5, 5.41) is 16.0. The summed E-state index contributed by atoms with van der Waals surface area (Å²) >= 11 is 0. The quantitative estimate of drug-likeness (QED) is 0.775. The van der Waals surface area contributed by atoms with Crippen molar-refractivity contribution >= 4 is 5.91 Å². The first-order valence-corrected chi connectivity index (χ1v) is 9.50. The molecule has 0 fully saturated rings. The largest absolute Gasteiger partial charge is 0.328 e. The van der Waals surface area contributed by atoms with Gasteiger partial charge in [-0.05, 0) is 38.2 Å². The molecule has 0 bridgehead atoms. The highest BCUT2D eigenvalue weighted by molar-refractivity contribution is 5.94. The number of aromatic nitrogens is 5. The van der Waals surface area contributed by atoms with Crippen LogP contribution in [-0.4, -0.2) is 42.3 Å². The number of rotatable bonds is 3. The predicted octanol–water partition coefficient (Wildman–Crippen LogP) is 2.24. The van der Waals surface area contributed by atoms with Crippen LogP contribution in [0.4, 0.5) is 0 Å². The highest BCUT2D eigenvalue weighted by Crippen LogP contribution is 2.28. The third-order valence-corrected chi connectivity index (χ3v) is 5.68. The van der Waals surface area contributed by atoms with E-state index in [-0.39, 0.29) is 11.9 Å². The Morgan fingerprint density at radius 2 is 2.07 bits per heavy atom. The highest BCUT2D eigenvalue weighted by Gasteiger charge is 2.34. The van der Waals surface area contributed by atoms with Crippen molar-refractivity contribution in [3.05, 3.63) is 64.5 Å². The van der Waals surface area contributed by atoms with Crippen LogP contribution in [0, 0.1) is 6.92 Å². The Hall–Kier alpha value is -2.96. The zero-order valence-corrected chi connectivity index (χ0v) is 15.4. The molecular weight excluding hydrogens is 340 g/mol. The maximum atomic E-state index is 13.2. The molecule has 138 valence electrons. The van der Waals surface area contributed by atoms with Crippen LogP contribution in [0.2, 0.25) is 0 Å². The molecule has 1 amide bonds. The monoisotopic (exact) mass is 362 g/mol. The molecule has 1 aliphatic heterocycles. The molecule has 1 atom stereocenters. The molecule has 1 N–H and O–H groups in total. The maximum absolute atomic E-state index is 13.2. The van der Waals surface area contributed by atoms with E-state index >= 15 is 0 Å². The number of benzene rings is 1. The van der Waals surface area contributed by atoms with Crippen molar-refractivity contribution in [3.8, 4) is 0 Å². The fourth-order valence-corrected chi connectivity index (χ4v) is 4.41. The molecule has 0 radical (unpaired) electrons. The predicted molar refractivity (Wildman–Crippen MR) is 99.3 cm³/mol. The van der Waals surface area contributed by atoms with Gasteiger partial charge in [-0.1, -0.05) is 30.3 Å². The average molecular weight is 362 g/mol. The van der Waals surface area contributed by atoms with Gasteiger partial charge in [0, 0.05) is 17.8 Å². The lowest BCUT2D eigenvalue weighted by atomic mass is 10.0. The molecule has 3 heterocycles. The summed E-state index contributed by atoms with van der Waals surface area (Å²) in [6, 6.07) is 10.5. The molecule has 0 saturated carbocycles. The van der Waals surface area contributed by atoms with Crippen LogP contribution in [0.25, 0.3) is 0 Å². The molecule has 5 rings (SSSR count). The molecule has 0 unspecified atom stereocenters. The molecular formula is C20H22N6O. The minimum atomic E-state index is -0.000588. The average Bonchev–Trinajstić information content (AvgIpc) is 3.38. The third kappa shape index (κ3) is 2.74. The van der Waals surface area contributed by atoms with E-state index in [2.05, 4.69) is 37.1 Å². The van der Waals surface area contributed by atoms with Crippen LogP contribution in [0.5, 0.6) is 0 Å². The zero-order valence-electron chi connectivity index (χ0n) is 15.4. The Labute approximate surface area is 157 Å². The highest BCUT2D eigenvalue weighted by atomic mass is 16.2. The van der Waals surface area contributed by atoms with Gasteiger partial charge in [0.15, 0.2) is 11.5 Å². The van der Waals surface area contributed by atoms with E-state index in [9.17, 15) is 4.79 Å². The molecule has 2 aliphatic rings. The van der Waals surface area contributed by atoms with Crippen molar-refractivity contribution in [1.82, 2.24) is 29.9 Å². The lowest BCUT2D eigenvalue weighted by molar-refractivity contribution is 0.0665. The SMILES string of the molecule is Cc1nnc2n1[C@H](Cc1ccccc1)CN(C(=O)c1n[nH]c3c1CCC3)C2. The number of nitrogens with one attached hydrogen (secondary N) is 1. The first-order valence-electron chi connectivity index (χ1n) is 9.50. The molecule has 27 heavy (non-hydrogen) atoms. The molecule has 7 nitrogen and oxygen atoms in total. The minimum absolute atomic E-state index is 0.000588. The topological polar surface area (TPSA) is 79.7 Å². The van der Waals surface area contributed by atoms with Crippen molar-refractivity contribution in [1.29, 1.82) is 0 Å². The number of amides is 1. The van der Waals surface area contributed by atoms with Gasteiger partial charge in [-0.2, -0.15) is 5.10 Å². The van der Waals surface area contributed by atoms with Gasteiger partial charge in [0.25, 0.3) is 5.91 Å². The number of H-pyrrole nitrogens is 1. The van der Waals surface area contributed by atoms with E-state index in [0.717, 1.165) is 48.6 Å². The van der Waals surface area contributed by atoms with Gasteiger partial charge in [-0.25, -0.2) is 0 Å². The van der Waals surface area contributed by atoms with Crippen molar-refractivity contribution in [3.63, 3.8) is 0 Å². The van der Waals surface area contributed by atoms with E-state index in [0.29, 0.717) is 18.8 Å². The molecule has 0 saturated heterocycles. The van der Waals surface area contributed by atoms with Gasteiger partial charge < -0.3 is 9.47 Å². The van der Waals surface area contributed by atoms with Gasteiger partial charge >= 0.3 is 0 Å². The van der Waals surface area contributed by atoms with Crippen molar-refractivity contribution in [2.45, 2.75) is 45.2 Å². The summed E-state index contributed by atoms with van der Waals surface area (Å²) in [6.07, 6.45) is 3.85. The van der Waals surface area contributed by atoms with E-state index in [1.165, 1.54) is 5.56 Å². The number of carbonyl (C=O) groups is 1. The van der Waals surface area contributed by atoms with Gasteiger partial charge in [0.2, 0.25) is 0 Å². The molecule has 1 aliphatic carbocycles. The summed E-state index contributed by atoms with van der Waals surface area (Å²) < 4.78 is 2.19. The first kappa shape index (κ1) is 16.2. The van der Waals surface area contributed by atoms with Crippen LogP contribution in [0.1, 0.15) is 51.4 Å². The van der Waals surface area contributed by atoms with Crippen LogP contribution >= 0.6 is 0 Å². The Morgan fingerprint density at radius 3 is 2.93 bits per heavy atom. The number of aryl methyl sites for hydroxylation is 2. The summed E-state index contributed by atoms with van der Waals surface area (Å²) in [4.78, 5) is 15.1. The molecule has 1 aromatic carbocycles. The maximum Gasteiger partial charge on any atom is 0.275 e. The zero-order chi connectivity index (χ0) is 18.4. The number of hydrogen-bond acceptors (Lipinski definition) is 4. The number of hydrogen-bond donors (Lipinski definition) is 1. The van der Waals surface area contributed by atoms with Gasteiger partial charge in [0.05, 0.1) is 12.6 Å². The minimum Gasteiger partial charge on any atom is -0.328 e. The van der Waals surface area contributed by atoms with Crippen LogP contribution < -0.4 is 0 Å². The van der Waals surface area contributed by atoms with Crippen LogP contribution in [0.3, 0.4) is 0 Å². The number of fused-ring (bicyclic) bond motifs is 2. The van der Waals surface area contributed by atoms with Gasteiger partial charge in [-0.15, -0.1) is 10.2 Å². The van der Waals surface area contributed by atoms with E-state index in [4.69, 9.17) is 0 Å². The Balaban J connectivity index is 1.46. The van der Waals surface area contributed by atoms with Gasteiger partial charge in [0.1, 0.15) is 5.82 Å². The Kier molecular flexibility index (Phi) is 3.81. The van der Waals surface area contributed by atoms with Crippen LogP contribution in [0.15, 0.2) is 30.3 Å². The van der Waals surface area contributed by atoms with Crippen molar-refractivity contribution in [2.75, 3.05) is 6.54 Å². The molecule has 2 aromatic heterocycles. The molecule has 7 heteroatoms. The Bertz CT molecular complexity index is 989. The molecule has 0 spiro atoms. The number of nitrogens with zero attached hydrogens (tertiary/aromatic N) is 5. The lowest BCUT2D eigenvalue weighted by Gasteiger charge is -2.34. The van der Waals surface area contributed by atoms with E-state index < -0.39 is 0 Å². The number of carbonyl (C=O) groups excluding carboxylic acids is 1. The number of aromatic amines is 1. The normalized spacial score (nSPS) is 18.4. The first-order chi connectivity index (χ1) is 13.2. The van der Waals surface area contributed by atoms with Crippen molar-refractivity contribution < 1.29 is 4.79 Å². The third-order valence-electron chi connectivity index (χ3n) is 5.68. The van der Waals surface area contributed by atoms with Crippen LogP contribution in [-0.2, 0) is 25.8 Å². The summed E-state index contributed by atoms with van der Waals surface area (Å²) in [7, 11) is 0. The standard InChI is InChI=1S/C20H22N6O/c1-13-21-23-18-12-25(20(27)19-16-8-5-9-17(16)22-24-19)11-15(26(13)18)10-14-6-3-2-4-7-14/h2-4,6-7,15H,5,8-12H2,1H3,(H,22,24)/t15-/m1/s1. The summed E-state index contributed by atoms with van der Waals surface area (Å²) in [5.41, 5.74) is 4.06. The van der Waals surface area contributed by atoms with E-state index in [1.807, 2.05) is 30.0 Å². The lowest BCUT2D eigenvalue weighted by Crippen LogP contribution is -2.42. The smallest absolute Gasteiger partial charge is 0.275 e. The second kappa shape index (κ2) is 6.33. The Morgan fingerprint density at radius 1 is 1.22 bits per heavy atom. The van der Waals surface area contributed by atoms with Crippen molar-refractivity contribution in [2.24, 2.45) is 0 Å². The second-order valence-electron chi connectivity index (χ2n) is 7.45. The fourth-order valence-electron chi connectivity index (χ4n) is 4.41. The summed E-state index contributed by atoms with van der Waals surface area (Å²) in [5.74, 6) is 1.75. The summed E-state index contributed by atoms with van der Waals surface area (Å²) in [6.45, 7) is 3.10. The van der Waals surface area contributed by atoms with E-state index in [1.54, 1.807) is 0 Å². The second-order valence-corrected chi connectivity index (χ2v) is 7.45. The molecule has 3 aromatic rings. The fraction of sp³-hybridized carbons (Fsp3) is 0.400.